The van der Waals surface area contributed by atoms with Crippen LogP contribution in [0, 0.1) is 0 Å². The van der Waals surface area contributed by atoms with Crippen molar-refractivity contribution >= 4 is 28.3 Å². The smallest absolute Gasteiger partial charge is 0.336 e. The van der Waals surface area contributed by atoms with Crippen LogP contribution < -0.4 is 22.6 Å². The van der Waals surface area contributed by atoms with Gasteiger partial charge in [0.2, 0.25) is 0 Å². The first kappa shape index (κ1) is 12.2. The van der Waals surface area contributed by atoms with E-state index in [1.165, 1.54) is 6.07 Å². The van der Waals surface area contributed by atoms with E-state index in [1.54, 1.807) is 12.1 Å². The Morgan fingerprint density at radius 1 is 1.25 bits per heavy atom. The third-order valence-corrected chi connectivity index (χ3v) is 1.79. The Kier molecular flexibility index (Phi) is 4.43. The van der Waals surface area contributed by atoms with Crippen molar-refractivity contribution in [3.63, 3.8) is 0 Å². The zero-order chi connectivity index (χ0) is 12.0. The van der Waals surface area contributed by atoms with E-state index in [0.29, 0.717) is 5.58 Å². The van der Waals surface area contributed by atoms with Crippen LogP contribution in [0.2, 0.25) is 0 Å². The summed E-state index contributed by atoms with van der Waals surface area (Å²) in [4.78, 5) is 10.7. The molecule has 0 saturated heterocycles. The summed E-state index contributed by atoms with van der Waals surface area (Å²) in [5.41, 5.74) is 7.16. The lowest BCUT2D eigenvalue weighted by Gasteiger charge is -1.91. The van der Waals surface area contributed by atoms with Gasteiger partial charge in [-0.2, -0.15) is 0 Å². The number of benzene rings is 1. The van der Waals surface area contributed by atoms with E-state index in [4.69, 9.17) is 10.2 Å². The van der Waals surface area contributed by atoms with Gasteiger partial charge >= 0.3 is 5.63 Å². The molecule has 6 heteroatoms. The van der Waals surface area contributed by atoms with E-state index in [9.17, 15) is 4.79 Å². The fraction of sp³-hybridized carbons (Fsp3) is 0. The van der Waals surface area contributed by atoms with Crippen molar-refractivity contribution in [2.24, 2.45) is 11.6 Å². The number of nitrogens with one attached hydrogen (secondary N) is 1. The summed E-state index contributed by atoms with van der Waals surface area (Å²) in [6.07, 6.45) is 0. The van der Waals surface area contributed by atoms with E-state index in [2.05, 4.69) is 18.1 Å². The fourth-order valence-corrected chi connectivity index (χ4v) is 1.01. The van der Waals surface area contributed by atoms with Crippen LogP contribution >= 0.6 is 12.2 Å². The number of para-hydroxylation sites is 1. The summed E-state index contributed by atoms with van der Waals surface area (Å²) in [6, 6.07) is 10.6. The second kappa shape index (κ2) is 5.84. The van der Waals surface area contributed by atoms with Gasteiger partial charge in [-0.25, -0.2) is 10.6 Å². The van der Waals surface area contributed by atoms with Gasteiger partial charge in [-0.3, -0.25) is 0 Å². The molecule has 0 fully saturated rings. The van der Waals surface area contributed by atoms with Crippen LogP contribution in [0.5, 0.6) is 0 Å². The molecule has 1 aromatic heterocycles. The molecule has 0 spiro atoms. The molecule has 16 heavy (non-hydrogen) atoms. The largest absolute Gasteiger partial charge is 0.423 e. The van der Waals surface area contributed by atoms with Gasteiger partial charge in [0.25, 0.3) is 0 Å². The predicted octanol–water partition coefficient (Wildman–Crippen LogP) is 0.486. The zero-order valence-electron chi connectivity index (χ0n) is 8.34. The Morgan fingerprint density at radius 2 is 1.88 bits per heavy atom. The average Bonchev–Trinajstić information content (AvgIpc) is 2.29. The molecule has 0 radical (unpaired) electrons. The number of thiocarbonyl (C=S) groups is 1. The molecule has 84 valence electrons. The molecule has 1 aromatic carbocycles. The molecule has 0 bridgehead atoms. The predicted molar refractivity (Wildman–Crippen MR) is 66.6 cm³/mol. The van der Waals surface area contributed by atoms with Gasteiger partial charge < -0.3 is 15.6 Å². The number of hydrogen-bond acceptors (Lipinski definition) is 4. The molecule has 2 rings (SSSR count). The molecule has 0 aliphatic carbocycles. The standard InChI is InChI=1S/C9H6O2.CH5N3S/c10-9-6-5-7-3-1-2-4-8(7)11-9;2-1(5)4-3/h1-6H;3H2,(H3,2,4,5). The highest BCUT2D eigenvalue weighted by Crippen LogP contribution is 2.08. The summed E-state index contributed by atoms with van der Waals surface area (Å²) >= 11 is 4.24. The highest BCUT2D eigenvalue weighted by molar-refractivity contribution is 7.80. The number of rotatable bonds is 0. The second-order valence-corrected chi connectivity index (χ2v) is 3.24. The molecule has 5 nitrogen and oxygen atoms in total. The normalized spacial score (nSPS) is 9.06. The number of nitrogens with two attached hydrogens (primary N) is 2. The van der Waals surface area contributed by atoms with Gasteiger partial charge in [0.05, 0.1) is 0 Å². The molecule has 2 aromatic rings. The minimum Gasteiger partial charge on any atom is -0.423 e. The SMILES string of the molecule is NNC(N)=S.O=c1ccc2ccccc2o1. The van der Waals surface area contributed by atoms with E-state index in [1.807, 2.05) is 23.6 Å². The average molecular weight is 237 g/mol. The van der Waals surface area contributed by atoms with Crippen molar-refractivity contribution in [2.75, 3.05) is 0 Å². The molecule has 1 heterocycles. The first-order valence-electron chi connectivity index (χ1n) is 4.38. The van der Waals surface area contributed by atoms with Crippen molar-refractivity contribution in [1.29, 1.82) is 0 Å². The van der Waals surface area contributed by atoms with E-state index >= 15 is 0 Å². The first-order chi connectivity index (χ1) is 7.63. The Hall–Kier alpha value is -1.92. The zero-order valence-corrected chi connectivity index (χ0v) is 9.16. The third kappa shape index (κ3) is 3.68. The third-order valence-electron chi connectivity index (χ3n) is 1.67. The lowest BCUT2D eigenvalue weighted by molar-refractivity contribution is 0.561. The molecule has 0 atom stereocenters. The maximum Gasteiger partial charge on any atom is 0.336 e. The lowest BCUT2D eigenvalue weighted by atomic mass is 10.2. The molecule has 0 saturated carbocycles. The van der Waals surface area contributed by atoms with Crippen molar-refractivity contribution in [3.05, 3.63) is 46.8 Å². The van der Waals surface area contributed by atoms with Crippen LogP contribution in [0.25, 0.3) is 11.0 Å². The second-order valence-electron chi connectivity index (χ2n) is 2.80. The summed E-state index contributed by atoms with van der Waals surface area (Å²) in [7, 11) is 0. The topological polar surface area (TPSA) is 94.3 Å². The van der Waals surface area contributed by atoms with Crippen molar-refractivity contribution < 1.29 is 4.42 Å². The van der Waals surface area contributed by atoms with Crippen LogP contribution in [0.3, 0.4) is 0 Å². The summed E-state index contributed by atoms with van der Waals surface area (Å²) < 4.78 is 4.91. The van der Waals surface area contributed by atoms with E-state index in [0.717, 1.165) is 5.39 Å². The molecule has 0 aliphatic heterocycles. The van der Waals surface area contributed by atoms with Crippen molar-refractivity contribution in [1.82, 2.24) is 5.43 Å². The molecular weight excluding hydrogens is 226 g/mol. The quantitative estimate of drug-likeness (QED) is 0.267. The van der Waals surface area contributed by atoms with Crippen molar-refractivity contribution in [2.45, 2.75) is 0 Å². The maximum atomic E-state index is 10.7. The molecule has 0 amide bonds. The molecule has 0 unspecified atom stereocenters. The van der Waals surface area contributed by atoms with Gasteiger partial charge in [-0.05, 0) is 24.4 Å². The van der Waals surface area contributed by atoms with Crippen LogP contribution in [0.1, 0.15) is 0 Å². The van der Waals surface area contributed by atoms with Gasteiger partial charge in [0.15, 0.2) is 5.11 Å². The fourth-order valence-electron chi connectivity index (χ4n) is 1.01. The number of fused-ring (bicyclic) bond motifs is 1. The monoisotopic (exact) mass is 237 g/mol. The molecule has 5 N–H and O–H groups in total. The van der Waals surface area contributed by atoms with E-state index in [-0.39, 0.29) is 10.7 Å². The van der Waals surface area contributed by atoms with Crippen LogP contribution in [0.4, 0.5) is 0 Å². The summed E-state index contributed by atoms with van der Waals surface area (Å²) in [6.45, 7) is 0. The summed E-state index contributed by atoms with van der Waals surface area (Å²) in [5, 5.41) is 1.07. The van der Waals surface area contributed by atoms with Crippen LogP contribution in [-0.4, -0.2) is 5.11 Å². The lowest BCUT2D eigenvalue weighted by Crippen LogP contribution is -2.34. The van der Waals surface area contributed by atoms with Crippen LogP contribution in [-0.2, 0) is 0 Å². The van der Waals surface area contributed by atoms with E-state index < -0.39 is 0 Å². The highest BCUT2D eigenvalue weighted by atomic mass is 32.1. The van der Waals surface area contributed by atoms with Gasteiger partial charge in [-0.15, -0.1) is 0 Å². The Morgan fingerprint density at radius 3 is 2.50 bits per heavy atom. The van der Waals surface area contributed by atoms with Gasteiger partial charge in [0.1, 0.15) is 5.58 Å². The van der Waals surface area contributed by atoms with Crippen molar-refractivity contribution in [3.8, 4) is 0 Å². The molecular formula is C10H11N3O2S. The Balaban J connectivity index is 0.000000221. The minimum absolute atomic E-state index is 0.116. The Bertz CT molecular complexity index is 539. The van der Waals surface area contributed by atoms with Gasteiger partial charge in [-0.1, -0.05) is 18.2 Å². The minimum atomic E-state index is -0.302. The molecule has 0 aliphatic rings. The van der Waals surface area contributed by atoms with Crippen LogP contribution in [0.15, 0.2) is 45.6 Å². The van der Waals surface area contributed by atoms with Gasteiger partial charge in [0, 0.05) is 11.5 Å². The number of hydrazine groups is 1. The first-order valence-corrected chi connectivity index (χ1v) is 4.79. The maximum absolute atomic E-state index is 10.7. The summed E-state index contributed by atoms with van der Waals surface area (Å²) in [5.74, 6) is 4.66. The Labute approximate surface area is 97.0 Å². The number of hydrogen-bond donors (Lipinski definition) is 3. The highest BCUT2D eigenvalue weighted by Gasteiger charge is 1.92.